The molecule has 128 valence electrons. The number of nitro groups is 1. The van der Waals surface area contributed by atoms with Crippen LogP contribution in [0.5, 0.6) is 5.75 Å². The Hall–Kier alpha value is -3.60. The van der Waals surface area contributed by atoms with E-state index in [0.29, 0.717) is 23.5 Å². The Morgan fingerprint density at radius 1 is 1.16 bits per heavy atom. The van der Waals surface area contributed by atoms with E-state index < -0.39 is 4.92 Å². The molecular formula is C17H16N4O4. The van der Waals surface area contributed by atoms with Crippen molar-refractivity contribution in [1.29, 1.82) is 5.26 Å². The van der Waals surface area contributed by atoms with E-state index in [1.54, 1.807) is 42.5 Å². The Bertz CT molecular complexity index is 801. The van der Waals surface area contributed by atoms with Crippen LogP contribution in [0.3, 0.4) is 0 Å². The topological polar surface area (TPSA) is 117 Å². The number of nitrogens with zero attached hydrogens (tertiary/aromatic N) is 2. The standard InChI is InChI=1S/C17H16N4O4/c18-11-13-5-1-4-8-16(13)25-12-17(22)20-10-9-19-14-6-2-3-7-15(14)21(23)24/h1-8,19H,9-10,12H2,(H,20,22). The first-order valence-electron chi connectivity index (χ1n) is 7.47. The van der Waals surface area contributed by atoms with Gasteiger partial charge in [0.15, 0.2) is 6.61 Å². The van der Waals surface area contributed by atoms with Gasteiger partial charge in [0.1, 0.15) is 17.5 Å². The number of benzene rings is 2. The zero-order valence-corrected chi connectivity index (χ0v) is 13.3. The number of ether oxygens (including phenoxy) is 1. The van der Waals surface area contributed by atoms with Crippen LogP contribution in [0, 0.1) is 21.4 Å². The maximum atomic E-state index is 11.7. The van der Waals surface area contributed by atoms with E-state index in [0.717, 1.165) is 0 Å². The van der Waals surface area contributed by atoms with Gasteiger partial charge in [0, 0.05) is 19.2 Å². The van der Waals surface area contributed by atoms with Crippen LogP contribution >= 0.6 is 0 Å². The van der Waals surface area contributed by atoms with Crippen LogP contribution in [0.15, 0.2) is 48.5 Å². The van der Waals surface area contributed by atoms with Crippen LogP contribution < -0.4 is 15.4 Å². The minimum atomic E-state index is -0.471. The van der Waals surface area contributed by atoms with Crippen molar-refractivity contribution < 1.29 is 14.5 Å². The van der Waals surface area contributed by atoms with Gasteiger partial charge < -0.3 is 15.4 Å². The lowest BCUT2D eigenvalue weighted by molar-refractivity contribution is -0.384. The van der Waals surface area contributed by atoms with Crippen molar-refractivity contribution in [1.82, 2.24) is 5.32 Å². The molecule has 0 bridgehead atoms. The van der Waals surface area contributed by atoms with Gasteiger partial charge in [-0.2, -0.15) is 5.26 Å². The number of anilines is 1. The van der Waals surface area contributed by atoms with Crippen molar-refractivity contribution in [2.75, 3.05) is 25.0 Å². The highest BCUT2D eigenvalue weighted by Crippen LogP contribution is 2.22. The van der Waals surface area contributed by atoms with Gasteiger partial charge >= 0.3 is 0 Å². The molecule has 0 aliphatic heterocycles. The molecule has 0 radical (unpaired) electrons. The van der Waals surface area contributed by atoms with Crippen molar-refractivity contribution in [2.45, 2.75) is 0 Å². The molecule has 0 aromatic heterocycles. The third kappa shape index (κ3) is 5.21. The van der Waals surface area contributed by atoms with E-state index in [9.17, 15) is 14.9 Å². The van der Waals surface area contributed by atoms with Gasteiger partial charge in [-0.25, -0.2) is 0 Å². The van der Waals surface area contributed by atoms with Gasteiger partial charge in [-0.15, -0.1) is 0 Å². The molecular weight excluding hydrogens is 324 g/mol. The Morgan fingerprint density at radius 3 is 2.64 bits per heavy atom. The molecule has 0 unspecified atom stereocenters. The lowest BCUT2D eigenvalue weighted by atomic mass is 10.2. The highest BCUT2D eigenvalue weighted by atomic mass is 16.6. The Kier molecular flexibility index (Phi) is 6.31. The second kappa shape index (κ2) is 8.88. The second-order valence-electron chi connectivity index (χ2n) is 4.95. The fraction of sp³-hybridized carbons (Fsp3) is 0.176. The summed E-state index contributed by atoms with van der Waals surface area (Å²) in [4.78, 5) is 22.2. The zero-order valence-electron chi connectivity index (χ0n) is 13.3. The monoisotopic (exact) mass is 340 g/mol. The number of para-hydroxylation sites is 3. The van der Waals surface area contributed by atoms with E-state index in [1.165, 1.54) is 6.07 Å². The number of hydrogen-bond acceptors (Lipinski definition) is 6. The molecule has 2 aromatic rings. The van der Waals surface area contributed by atoms with Gasteiger partial charge in [0.25, 0.3) is 11.6 Å². The number of hydrogen-bond donors (Lipinski definition) is 2. The maximum absolute atomic E-state index is 11.7. The summed E-state index contributed by atoms with van der Waals surface area (Å²) in [6.07, 6.45) is 0. The summed E-state index contributed by atoms with van der Waals surface area (Å²) in [7, 11) is 0. The third-order valence-corrected chi connectivity index (χ3v) is 3.23. The molecule has 25 heavy (non-hydrogen) atoms. The van der Waals surface area contributed by atoms with E-state index in [-0.39, 0.29) is 24.7 Å². The summed E-state index contributed by atoms with van der Waals surface area (Å²) in [6, 6.07) is 14.9. The number of nitriles is 1. The predicted octanol–water partition coefficient (Wildman–Crippen LogP) is 2.07. The smallest absolute Gasteiger partial charge is 0.292 e. The number of amides is 1. The van der Waals surface area contributed by atoms with Crippen molar-refractivity contribution in [3.8, 4) is 11.8 Å². The third-order valence-electron chi connectivity index (χ3n) is 3.23. The van der Waals surface area contributed by atoms with Gasteiger partial charge in [-0.3, -0.25) is 14.9 Å². The van der Waals surface area contributed by atoms with Crippen molar-refractivity contribution in [3.63, 3.8) is 0 Å². The van der Waals surface area contributed by atoms with Crippen molar-refractivity contribution in [3.05, 3.63) is 64.2 Å². The van der Waals surface area contributed by atoms with Crippen LogP contribution in [-0.2, 0) is 4.79 Å². The van der Waals surface area contributed by atoms with Crippen LogP contribution in [-0.4, -0.2) is 30.5 Å². The Labute approximate surface area is 144 Å². The van der Waals surface area contributed by atoms with Crippen LogP contribution in [0.25, 0.3) is 0 Å². The first-order chi connectivity index (χ1) is 12.1. The highest BCUT2D eigenvalue weighted by Gasteiger charge is 2.11. The number of rotatable bonds is 8. The minimum Gasteiger partial charge on any atom is -0.482 e. The first-order valence-corrected chi connectivity index (χ1v) is 7.47. The van der Waals surface area contributed by atoms with Gasteiger partial charge in [-0.1, -0.05) is 24.3 Å². The molecule has 0 spiro atoms. The molecule has 0 heterocycles. The van der Waals surface area contributed by atoms with E-state index in [1.807, 2.05) is 6.07 Å². The molecule has 0 fully saturated rings. The molecule has 0 atom stereocenters. The molecule has 0 saturated carbocycles. The molecule has 8 heteroatoms. The van der Waals surface area contributed by atoms with E-state index in [2.05, 4.69) is 10.6 Å². The summed E-state index contributed by atoms with van der Waals surface area (Å²) >= 11 is 0. The minimum absolute atomic E-state index is 0.0229. The average Bonchev–Trinajstić information content (AvgIpc) is 2.64. The van der Waals surface area contributed by atoms with Gasteiger partial charge in [0.2, 0.25) is 0 Å². The first kappa shape index (κ1) is 17.7. The molecule has 0 aliphatic carbocycles. The van der Waals surface area contributed by atoms with E-state index >= 15 is 0 Å². The largest absolute Gasteiger partial charge is 0.482 e. The summed E-state index contributed by atoms with van der Waals surface area (Å²) in [5, 5.41) is 25.4. The van der Waals surface area contributed by atoms with Gasteiger partial charge in [0.05, 0.1) is 10.5 Å². The predicted molar refractivity (Wildman–Crippen MR) is 91.2 cm³/mol. The number of nitro benzene ring substituents is 1. The summed E-state index contributed by atoms with van der Waals surface area (Å²) in [6.45, 7) is 0.379. The molecule has 8 nitrogen and oxygen atoms in total. The molecule has 0 saturated heterocycles. The summed E-state index contributed by atoms with van der Waals surface area (Å²) in [5.41, 5.74) is 0.722. The van der Waals surface area contributed by atoms with Gasteiger partial charge in [-0.05, 0) is 18.2 Å². The quantitative estimate of drug-likeness (QED) is 0.431. The normalized spacial score (nSPS) is 9.72. The molecule has 1 amide bonds. The highest BCUT2D eigenvalue weighted by molar-refractivity contribution is 5.77. The molecule has 2 N–H and O–H groups in total. The fourth-order valence-electron chi connectivity index (χ4n) is 2.06. The number of nitrogens with one attached hydrogen (secondary N) is 2. The van der Waals surface area contributed by atoms with Crippen LogP contribution in [0.1, 0.15) is 5.56 Å². The lowest BCUT2D eigenvalue weighted by Crippen LogP contribution is -2.32. The summed E-state index contributed by atoms with van der Waals surface area (Å²) in [5.74, 6) is -0.00436. The Morgan fingerprint density at radius 2 is 1.88 bits per heavy atom. The number of carbonyl (C=O) groups is 1. The van der Waals surface area contributed by atoms with Crippen LogP contribution in [0.4, 0.5) is 11.4 Å². The maximum Gasteiger partial charge on any atom is 0.292 e. The fourth-order valence-corrected chi connectivity index (χ4v) is 2.06. The van der Waals surface area contributed by atoms with Crippen LogP contribution in [0.2, 0.25) is 0 Å². The number of carbonyl (C=O) groups excluding carboxylic acids is 1. The van der Waals surface area contributed by atoms with Crippen molar-refractivity contribution >= 4 is 17.3 Å². The SMILES string of the molecule is N#Cc1ccccc1OCC(=O)NCCNc1ccccc1[N+](=O)[O-]. The molecule has 2 rings (SSSR count). The second-order valence-corrected chi connectivity index (χ2v) is 4.95. The van der Waals surface area contributed by atoms with E-state index in [4.69, 9.17) is 10.00 Å². The Balaban J connectivity index is 1.74. The lowest BCUT2D eigenvalue weighted by Gasteiger charge is -2.10. The average molecular weight is 340 g/mol. The van der Waals surface area contributed by atoms with Crippen molar-refractivity contribution in [2.24, 2.45) is 0 Å². The summed E-state index contributed by atoms with van der Waals surface area (Å²) < 4.78 is 5.31. The molecule has 0 aliphatic rings. The molecule has 2 aromatic carbocycles. The zero-order chi connectivity index (χ0) is 18.1.